The number of carboxylic acids is 1. The first-order valence-electron chi connectivity index (χ1n) is 6.97. The maximum absolute atomic E-state index is 12.6. The number of halogens is 3. The summed E-state index contributed by atoms with van der Waals surface area (Å²) in [5.41, 5.74) is -0.640. The minimum atomic E-state index is -4.46. The van der Waals surface area contributed by atoms with Gasteiger partial charge in [0.1, 0.15) is 0 Å². The number of alkyl halides is 3. The fraction of sp³-hybridized carbons (Fsp3) is 0.0588. The lowest BCUT2D eigenvalue weighted by Crippen LogP contribution is -2.04. The van der Waals surface area contributed by atoms with Gasteiger partial charge in [-0.2, -0.15) is 13.2 Å². The summed E-state index contributed by atoms with van der Waals surface area (Å²) in [5, 5.41) is 20.0. The van der Waals surface area contributed by atoms with Crippen LogP contribution in [0.2, 0.25) is 0 Å². The van der Waals surface area contributed by atoms with Crippen LogP contribution in [-0.4, -0.2) is 21.2 Å². The Bertz CT molecular complexity index is 956. The van der Waals surface area contributed by atoms with Crippen LogP contribution >= 0.6 is 11.8 Å². The van der Waals surface area contributed by atoms with Crippen molar-refractivity contribution in [1.29, 1.82) is 0 Å². The standard InChI is InChI=1S/C17H10F3NO3S/c18-17(19,20)9-5-7-10(8-6-9)25-14-13(16(23)24)11-3-1-2-4-12(11)21-15(14)22/h1-8H,(H,21,22)(H,23,24). The molecular formula is C17H10F3NO3S. The highest BCUT2D eigenvalue weighted by Gasteiger charge is 2.30. The summed E-state index contributed by atoms with van der Waals surface area (Å²) in [6.45, 7) is 0. The van der Waals surface area contributed by atoms with E-state index >= 15 is 0 Å². The Hall–Kier alpha value is -2.74. The van der Waals surface area contributed by atoms with Gasteiger partial charge in [-0.05, 0) is 30.3 Å². The summed E-state index contributed by atoms with van der Waals surface area (Å²) >= 11 is 0.843. The fourth-order valence-electron chi connectivity index (χ4n) is 2.32. The van der Waals surface area contributed by atoms with E-state index in [0.717, 1.165) is 23.9 Å². The van der Waals surface area contributed by atoms with Gasteiger partial charge in [0.25, 0.3) is 0 Å². The smallest absolute Gasteiger partial charge is 0.416 e. The fourth-order valence-corrected chi connectivity index (χ4v) is 3.26. The highest BCUT2D eigenvalue weighted by Crippen LogP contribution is 2.40. The molecule has 2 N–H and O–H groups in total. The zero-order chi connectivity index (χ0) is 18.2. The Morgan fingerprint density at radius 1 is 1.04 bits per heavy atom. The molecule has 0 spiro atoms. The number of carboxylic acid groups (broad SMARTS) is 1. The minimum absolute atomic E-state index is 0.0223. The van der Waals surface area contributed by atoms with Crippen LogP contribution in [0.25, 0.3) is 10.9 Å². The third kappa shape index (κ3) is 3.39. The van der Waals surface area contributed by atoms with Crippen LogP contribution in [0.15, 0.2) is 58.3 Å². The van der Waals surface area contributed by atoms with Crippen LogP contribution in [0.4, 0.5) is 13.2 Å². The van der Waals surface area contributed by atoms with Gasteiger partial charge in [0.05, 0.1) is 21.5 Å². The van der Waals surface area contributed by atoms with Crippen molar-refractivity contribution in [2.45, 2.75) is 16.0 Å². The molecule has 0 saturated heterocycles. The van der Waals surface area contributed by atoms with Crippen molar-refractivity contribution in [2.75, 3.05) is 0 Å². The number of nitrogens with zero attached hydrogens (tertiary/aromatic N) is 1. The molecule has 8 heteroatoms. The number of aromatic hydroxyl groups is 1. The first-order valence-corrected chi connectivity index (χ1v) is 7.79. The lowest BCUT2D eigenvalue weighted by atomic mass is 10.1. The number of carbonyl (C=O) groups is 1. The van der Waals surface area contributed by atoms with E-state index in [1.54, 1.807) is 24.3 Å². The summed E-state index contributed by atoms with van der Waals surface area (Å²) in [5.74, 6) is -1.75. The molecule has 3 rings (SSSR count). The minimum Gasteiger partial charge on any atom is -0.492 e. The molecule has 0 aliphatic carbocycles. The molecule has 0 unspecified atom stereocenters. The molecule has 0 atom stereocenters. The maximum atomic E-state index is 12.6. The van der Waals surface area contributed by atoms with Gasteiger partial charge in [0, 0.05) is 10.3 Å². The monoisotopic (exact) mass is 365 g/mol. The van der Waals surface area contributed by atoms with E-state index in [1.165, 1.54) is 12.1 Å². The summed E-state index contributed by atoms with van der Waals surface area (Å²) < 4.78 is 37.9. The van der Waals surface area contributed by atoms with Crippen molar-refractivity contribution in [1.82, 2.24) is 4.98 Å². The van der Waals surface area contributed by atoms with Crippen LogP contribution < -0.4 is 0 Å². The summed E-state index contributed by atoms with van der Waals surface area (Å²) in [7, 11) is 0. The molecule has 1 aromatic heterocycles. The molecule has 0 aliphatic heterocycles. The van der Waals surface area contributed by atoms with Crippen LogP contribution in [0, 0.1) is 0 Å². The maximum Gasteiger partial charge on any atom is 0.416 e. The average Bonchev–Trinajstić information content (AvgIpc) is 2.54. The topological polar surface area (TPSA) is 70.4 Å². The Labute approximate surface area is 143 Å². The predicted octanol–water partition coefficient (Wildman–Crippen LogP) is 4.81. The van der Waals surface area contributed by atoms with E-state index in [9.17, 15) is 28.2 Å². The molecule has 25 heavy (non-hydrogen) atoms. The Morgan fingerprint density at radius 2 is 1.68 bits per heavy atom. The van der Waals surface area contributed by atoms with Crippen molar-refractivity contribution >= 4 is 28.6 Å². The number of aromatic carboxylic acids is 1. The van der Waals surface area contributed by atoms with Crippen LogP contribution in [0.1, 0.15) is 15.9 Å². The van der Waals surface area contributed by atoms with Gasteiger partial charge in [0.15, 0.2) is 0 Å². The van der Waals surface area contributed by atoms with Gasteiger partial charge in [0.2, 0.25) is 5.88 Å². The van der Waals surface area contributed by atoms with Crippen LogP contribution in [0.3, 0.4) is 0 Å². The van der Waals surface area contributed by atoms with Crippen molar-refractivity contribution < 1.29 is 28.2 Å². The van der Waals surface area contributed by atoms with Crippen molar-refractivity contribution in [3.8, 4) is 5.88 Å². The molecule has 0 amide bonds. The molecule has 2 aromatic carbocycles. The zero-order valence-electron chi connectivity index (χ0n) is 12.4. The second-order valence-corrected chi connectivity index (χ2v) is 6.17. The normalized spacial score (nSPS) is 11.6. The molecule has 0 saturated carbocycles. The molecule has 128 valence electrons. The van der Waals surface area contributed by atoms with Crippen LogP contribution in [-0.2, 0) is 6.18 Å². The molecule has 3 aromatic rings. The van der Waals surface area contributed by atoms with Gasteiger partial charge in [-0.3, -0.25) is 0 Å². The van der Waals surface area contributed by atoms with E-state index in [-0.39, 0.29) is 10.5 Å². The number of hydrogen-bond donors (Lipinski definition) is 2. The molecular weight excluding hydrogens is 355 g/mol. The number of aromatic nitrogens is 1. The molecule has 4 nitrogen and oxygen atoms in total. The van der Waals surface area contributed by atoms with Gasteiger partial charge >= 0.3 is 12.1 Å². The first-order chi connectivity index (χ1) is 11.8. The lowest BCUT2D eigenvalue weighted by Gasteiger charge is -2.11. The number of fused-ring (bicyclic) bond motifs is 1. The Balaban J connectivity index is 2.08. The van der Waals surface area contributed by atoms with E-state index in [1.807, 2.05) is 0 Å². The second-order valence-electron chi connectivity index (χ2n) is 5.09. The van der Waals surface area contributed by atoms with Crippen molar-refractivity contribution in [3.63, 3.8) is 0 Å². The largest absolute Gasteiger partial charge is 0.492 e. The second kappa shape index (κ2) is 6.29. The van der Waals surface area contributed by atoms with Gasteiger partial charge in [-0.15, -0.1) is 0 Å². The van der Waals surface area contributed by atoms with Gasteiger partial charge < -0.3 is 10.2 Å². The molecule has 0 bridgehead atoms. The van der Waals surface area contributed by atoms with Gasteiger partial charge in [-0.25, -0.2) is 9.78 Å². The first kappa shape index (κ1) is 17.1. The number of hydrogen-bond acceptors (Lipinski definition) is 4. The Morgan fingerprint density at radius 3 is 2.28 bits per heavy atom. The highest BCUT2D eigenvalue weighted by molar-refractivity contribution is 7.99. The predicted molar refractivity (Wildman–Crippen MR) is 85.9 cm³/mol. The summed E-state index contributed by atoms with van der Waals surface area (Å²) in [6.07, 6.45) is -4.46. The third-order valence-electron chi connectivity index (χ3n) is 3.45. The molecule has 0 radical (unpaired) electrons. The van der Waals surface area contributed by atoms with Crippen molar-refractivity contribution in [3.05, 3.63) is 59.7 Å². The van der Waals surface area contributed by atoms with Crippen molar-refractivity contribution in [2.24, 2.45) is 0 Å². The van der Waals surface area contributed by atoms with E-state index in [0.29, 0.717) is 15.8 Å². The average molecular weight is 365 g/mol. The summed E-state index contributed by atoms with van der Waals surface area (Å²) in [6, 6.07) is 10.6. The number of benzene rings is 2. The summed E-state index contributed by atoms with van der Waals surface area (Å²) in [4.78, 5) is 16.0. The lowest BCUT2D eigenvalue weighted by molar-refractivity contribution is -0.137. The zero-order valence-corrected chi connectivity index (χ0v) is 13.2. The van der Waals surface area contributed by atoms with E-state index in [2.05, 4.69) is 4.98 Å². The number of pyridine rings is 1. The molecule has 0 fully saturated rings. The molecule has 1 heterocycles. The quantitative estimate of drug-likeness (QED) is 0.697. The highest BCUT2D eigenvalue weighted by atomic mass is 32.2. The van der Waals surface area contributed by atoms with Crippen LogP contribution in [0.5, 0.6) is 5.88 Å². The third-order valence-corrected chi connectivity index (χ3v) is 4.54. The van der Waals surface area contributed by atoms with Gasteiger partial charge in [-0.1, -0.05) is 30.0 Å². The SMILES string of the molecule is O=C(O)c1c(Sc2ccc(C(F)(F)F)cc2)c(O)nc2ccccc12. The molecule has 0 aliphatic rings. The number of para-hydroxylation sites is 1. The van der Waals surface area contributed by atoms with E-state index < -0.39 is 23.6 Å². The number of rotatable bonds is 3. The Kier molecular flexibility index (Phi) is 4.30. The van der Waals surface area contributed by atoms with E-state index in [4.69, 9.17) is 0 Å².